The highest BCUT2D eigenvalue weighted by molar-refractivity contribution is 6.14. The minimum absolute atomic E-state index is 0.0381. The highest BCUT2D eigenvalue weighted by Gasteiger charge is 2.38. The van der Waals surface area contributed by atoms with Crippen molar-refractivity contribution in [2.24, 2.45) is 10.7 Å². The molecule has 0 bridgehead atoms. The monoisotopic (exact) mass is 495 g/mol. The van der Waals surface area contributed by atoms with Crippen LogP contribution in [0.5, 0.6) is 0 Å². The van der Waals surface area contributed by atoms with E-state index in [1.54, 1.807) is 6.07 Å². The number of nitrogens with two attached hydrogens (primary N) is 1. The molecule has 4 rings (SSSR count). The summed E-state index contributed by atoms with van der Waals surface area (Å²) in [4.78, 5) is 17.1. The number of primary amides is 1. The Morgan fingerprint density at radius 1 is 0.829 bits per heavy atom. The lowest BCUT2D eigenvalue weighted by Gasteiger charge is -2.24. The molecule has 2 N–H and O–H groups in total. The number of alkyl halides is 6. The maximum absolute atomic E-state index is 13.8. The molecule has 0 aliphatic carbocycles. The van der Waals surface area contributed by atoms with Gasteiger partial charge in [-0.1, -0.05) is 18.2 Å². The summed E-state index contributed by atoms with van der Waals surface area (Å²) in [6.07, 6.45) is -9.57. The van der Waals surface area contributed by atoms with Crippen LogP contribution >= 0.6 is 0 Å². The van der Waals surface area contributed by atoms with E-state index < -0.39 is 41.0 Å². The largest absolute Gasteiger partial charge is 0.416 e. The summed E-state index contributed by atoms with van der Waals surface area (Å²) in [5, 5.41) is 0. The molecule has 1 heterocycles. The van der Waals surface area contributed by atoms with Crippen molar-refractivity contribution in [3.05, 3.63) is 94.3 Å². The average Bonchev–Trinajstić information content (AvgIpc) is 2.78. The van der Waals surface area contributed by atoms with Crippen molar-refractivity contribution >= 4 is 23.1 Å². The van der Waals surface area contributed by atoms with E-state index in [2.05, 4.69) is 4.99 Å². The van der Waals surface area contributed by atoms with Gasteiger partial charge in [0.15, 0.2) is 0 Å². The molecule has 0 saturated carbocycles. The van der Waals surface area contributed by atoms with E-state index in [0.29, 0.717) is 46.8 Å². The second kappa shape index (κ2) is 8.71. The average molecular weight is 495 g/mol. The lowest BCUT2D eigenvalue weighted by molar-refractivity contribution is -0.143. The first-order valence-corrected chi connectivity index (χ1v) is 10.2. The molecule has 1 aliphatic heterocycles. The molecular weight excluding hydrogens is 479 g/mol. The standard InChI is InChI=1S/C24H16F7N3O/c25-17-4-1-13-7-8-33-21(20(13)12-17)14-2-5-18(6-3-14)34(22(32)35)19-10-15(23(26,27)28)9-16(11-19)24(29,30)31/h1-6,9-12H,7-8H2,(H2,32,35). The fourth-order valence-corrected chi connectivity index (χ4v) is 3.85. The van der Waals surface area contributed by atoms with Gasteiger partial charge >= 0.3 is 18.4 Å². The van der Waals surface area contributed by atoms with Crippen LogP contribution in [-0.2, 0) is 18.8 Å². The Morgan fingerprint density at radius 2 is 1.43 bits per heavy atom. The van der Waals surface area contributed by atoms with E-state index in [1.165, 1.54) is 36.4 Å². The van der Waals surface area contributed by atoms with Crippen molar-refractivity contribution in [2.75, 3.05) is 11.4 Å². The molecule has 4 nitrogen and oxygen atoms in total. The molecule has 35 heavy (non-hydrogen) atoms. The number of carbonyl (C=O) groups excluding carboxylic acids is 1. The fraction of sp³-hybridized carbons (Fsp3) is 0.167. The minimum Gasteiger partial charge on any atom is -0.351 e. The Labute approximate surface area is 194 Å². The first kappa shape index (κ1) is 24.2. The number of urea groups is 1. The van der Waals surface area contributed by atoms with Gasteiger partial charge in [-0.25, -0.2) is 9.18 Å². The van der Waals surface area contributed by atoms with Gasteiger partial charge in [0.2, 0.25) is 0 Å². The predicted octanol–water partition coefficient (Wildman–Crippen LogP) is 6.47. The van der Waals surface area contributed by atoms with Crippen LogP contribution in [0.3, 0.4) is 0 Å². The van der Waals surface area contributed by atoms with E-state index in [9.17, 15) is 35.5 Å². The number of aliphatic imine (C=N–C) groups is 1. The number of hydrogen-bond donors (Lipinski definition) is 1. The van der Waals surface area contributed by atoms with Gasteiger partial charge in [-0.2, -0.15) is 26.3 Å². The zero-order chi connectivity index (χ0) is 25.5. The molecule has 182 valence electrons. The van der Waals surface area contributed by atoms with Crippen molar-refractivity contribution < 1.29 is 35.5 Å². The number of nitrogens with zero attached hydrogens (tertiary/aromatic N) is 2. The predicted molar refractivity (Wildman–Crippen MR) is 115 cm³/mol. The highest BCUT2D eigenvalue weighted by atomic mass is 19.4. The molecule has 0 aromatic heterocycles. The number of halogens is 7. The van der Waals surface area contributed by atoms with Crippen LogP contribution in [-0.4, -0.2) is 18.3 Å². The van der Waals surface area contributed by atoms with E-state index >= 15 is 0 Å². The van der Waals surface area contributed by atoms with E-state index in [0.717, 1.165) is 5.56 Å². The van der Waals surface area contributed by atoms with E-state index in [1.807, 2.05) is 0 Å². The Kier molecular flexibility index (Phi) is 6.04. The van der Waals surface area contributed by atoms with Crippen molar-refractivity contribution in [1.29, 1.82) is 0 Å². The number of fused-ring (bicyclic) bond motifs is 1. The second-order valence-electron chi connectivity index (χ2n) is 7.77. The zero-order valence-corrected chi connectivity index (χ0v) is 17.7. The third kappa shape index (κ3) is 4.98. The van der Waals surface area contributed by atoms with Gasteiger partial charge in [0.25, 0.3) is 0 Å². The summed E-state index contributed by atoms with van der Waals surface area (Å²) in [6.45, 7) is 0.452. The molecule has 0 radical (unpaired) electrons. The quantitative estimate of drug-likeness (QED) is 0.416. The molecule has 3 aromatic rings. The summed E-state index contributed by atoms with van der Waals surface area (Å²) >= 11 is 0. The first-order chi connectivity index (χ1) is 16.3. The number of carbonyl (C=O) groups is 1. The van der Waals surface area contributed by atoms with Gasteiger partial charge < -0.3 is 5.73 Å². The maximum Gasteiger partial charge on any atom is 0.416 e. The van der Waals surface area contributed by atoms with Gasteiger partial charge in [0, 0.05) is 17.7 Å². The second-order valence-corrected chi connectivity index (χ2v) is 7.77. The van der Waals surface area contributed by atoms with Crippen molar-refractivity contribution in [3.63, 3.8) is 0 Å². The number of rotatable bonds is 3. The van der Waals surface area contributed by atoms with Crippen LogP contribution in [0.25, 0.3) is 0 Å². The Hall–Kier alpha value is -3.89. The van der Waals surface area contributed by atoms with Crippen LogP contribution in [0, 0.1) is 5.82 Å². The van der Waals surface area contributed by atoms with Crippen LogP contribution in [0.4, 0.5) is 46.9 Å². The Bertz CT molecular complexity index is 1280. The molecule has 11 heteroatoms. The lowest BCUT2D eigenvalue weighted by Crippen LogP contribution is -2.32. The number of anilines is 2. The van der Waals surface area contributed by atoms with Crippen LogP contribution in [0.2, 0.25) is 0 Å². The van der Waals surface area contributed by atoms with Gasteiger partial charge in [-0.3, -0.25) is 9.89 Å². The molecule has 3 aromatic carbocycles. The molecule has 0 fully saturated rings. The summed E-state index contributed by atoms with van der Waals surface area (Å²) in [6, 6.07) is 9.39. The summed E-state index contributed by atoms with van der Waals surface area (Å²) in [5.74, 6) is -0.458. The molecular formula is C24H16F7N3O. The van der Waals surface area contributed by atoms with Gasteiger partial charge in [-0.15, -0.1) is 0 Å². The van der Waals surface area contributed by atoms with Crippen molar-refractivity contribution in [3.8, 4) is 0 Å². The molecule has 0 unspecified atom stereocenters. The zero-order valence-electron chi connectivity index (χ0n) is 17.7. The third-order valence-corrected chi connectivity index (χ3v) is 5.43. The maximum atomic E-state index is 13.8. The molecule has 0 atom stereocenters. The Morgan fingerprint density at radius 3 is 1.97 bits per heavy atom. The number of hydrogen-bond acceptors (Lipinski definition) is 2. The van der Waals surface area contributed by atoms with Crippen LogP contribution in [0.15, 0.2) is 65.7 Å². The van der Waals surface area contributed by atoms with E-state index in [4.69, 9.17) is 5.73 Å². The number of amides is 2. The smallest absolute Gasteiger partial charge is 0.351 e. The van der Waals surface area contributed by atoms with Crippen LogP contribution < -0.4 is 10.6 Å². The first-order valence-electron chi connectivity index (χ1n) is 10.2. The molecule has 0 spiro atoms. The number of benzene rings is 3. The van der Waals surface area contributed by atoms with Gasteiger partial charge in [0.05, 0.1) is 28.2 Å². The molecule has 1 aliphatic rings. The Balaban J connectivity index is 1.76. The minimum atomic E-state index is -5.09. The molecule has 2 amide bonds. The SMILES string of the molecule is NC(=O)N(c1ccc(C2=NCCc3ccc(F)cc32)cc1)c1cc(C(F)(F)F)cc(C(F)(F)F)c1. The van der Waals surface area contributed by atoms with Crippen LogP contribution in [0.1, 0.15) is 27.8 Å². The summed E-state index contributed by atoms with van der Waals surface area (Å²) in [5.41, 5.74) is 3.85. The third-order valence-electron chi connectivity index (χ3n) is 5.43. The highest BCUT2D eigenvalue weighted by Crippen LogP contribution is 2.40. The van der Waals surface area contributed by atoms with E-state index in [-0.39, 0.29) is 11.8 Å². The van der Waals surface area contributed by atoms with Crippen molar-refractivity contribution in [1.82, 2.24) is 0 Å². The van der Waals surface area contributed by atoms with Gasteiger partial charge in [0.1, 0.15) is 5.82 Å². The topological polar surface area (TPSA) is 58.7 Å². The summed E-state index contributed by atoms with van der Waals surface area (Å²) < 4.78 is 93.4. The molecule has 0 saturated heterocycles. The van der Waals surface area contributed by atoms with Crippen molar-refractivity contribution in [2.45, 2.75) is 18.8 Å². The lowest BCUT2D eigenvalue weighted by atomic mass is 9.93. The summed E-state index contributed by atoms with van der Waals surface area (Å²) in [7, 11) is 0. The fourth-order valence-electron chi connectivity index (χ4n) is 3.85. The normalized spacial score (nSPS) is 13.7. The van der Waals surface area contributed by atoms with Gasteiger partial charge in [-0.05, 0) is 54.4 Å².